The van der Waals surface area contributed by atoms with Crippen molar-refractivity contribution in [3.63, 3.8) is 0 Å². The van der Waals surface area contributed by atoms with Crippen LogP contribution in [-0.4, -0.2) is 0 Å². The van der Waals surface area contributed by atoms with Gasteiger partial charge in [-0.3, -0.25) is 0 Å². The fraction of sp³-hybridized carbons (Fsp3) is 0.500. The van der Waals surface area contributed by atoms with E-state index in [4.69, 9.17) is 0 Å². The van der Waals surface area contributed by atoms with Gasteiger partial charge in [0.15, 0.2) is 0 Å². The molecule has 1 aromatic rings. The fourth-order valence-electron chi connectivity index (χ4n) is 3.59. The molecule has 84 valence electrons. The zero-order valence-corrected chi connectivity index (χ0v) is 9.81. The summed E-state index contributed by atoms with van der Waals surface area (Å²) in [7, 11) is 0. The van der Waals surface area contributed by atoms with Crippen LogP contribution < -0.4 is 0 Å². The molecular formula is C16H20. The van der Waals surface area contributed by atoms with Crippen molar-refractivity contribution in [1.29, 1.82) is 0 Å². The smallest absolute Gasteiger partial charge is 0.00934 e. The molecule has 0 radical (unpaired) electrons. The highest BCUT2D eigenvalue weighted by Crippen LogP contribution is 2.45. The quantitative estimate of drug-likeness (QED) is 0.600. The van der Waals surface area contributed by atoms with E-state index in [0.717, 1.165) is 17.8 Å². The van der Waals surface area contributed by atoms with Gasteiger partial charge in [0.2, 0.25) is 0 Å². The van der Waals surface area contributed by atoms with Crippen molar-refractivity contribution in [2.75, 3.05) is 0 Å². The summed E-state index contributed by atoms with van der Waals surface area (Å²) in [6, 6.07) is 11.1. The topological polar surface area (TPSA) is 0 Å². The third kappa shape index (κ3) is 1.81. The van der Waals surface area contributed by atoms with E-state index in [9.17, 15) is 0 Å². The zero-order valence-electron chi connectivity index (χ0n) is 9.81. The van der Waals surface area contributed by atoms with E-state index in [0.29, 0.717) is 0 Å². The first-order valence-corrected chi connectivity index (χ1v) is 6.67. The van der Waals surface area contributed by atoms with Crippen molar-refractivity contribution in [3.8, 4) is 0 Å². The summed E-state index contributed by atoms with van der Waals surface area (Å²) < 4.78 is 0. The highest BCUT2D eigenvalue weighted by Gasteiger charge is 2.32. The SMILES string of the molecule is C1=CC2CCCCC2C(c2ccccc2)C1. The number of rotatable bonds is 1. The summed E-state index contributed by atoms with van der Waals surface area (Å²) in [5, 5.41) is 0. The van der Waals surface area contributed by atoms with Gasteiger partial charge in [0.05, 0.1) is 0 Å². The second-order valence-corrected chi connectivity index (χ2v) is 5.29. The number of hydrogen-bond donors (Lipinski definition) is 0. The third-order valence-corrected chi connectivity index (χ3v) is 4.39. The largest absolute Gasteiger partial charge is 0.0876 e. The first-order chi connectivity index (χ1) is 7.95. The van der Waals surface area contributed by atoms with Crippen LogP contribution in [0, 0.1) is 11.8 Å². The molecule has 2 aliphatic rings. The molecule has 1 saturated carbocycles. The van der Waals surface area contributed by atoms with Crippen LogP contribution in [0.25, 0.3) is 0 Å². The van der Waals surface area contributed by atoms with Crippen LogP contribution in [0.3, 0.4) is 0 Å². The minimum atomic E-state index is 0.788. The minimum Gasteiger partial charge on any atom is -0.0876 e. The van der Waals surface area contributed by atoms with Crippen molar-refractivity contribution >= 4 is 0 Å². The van der Waals surface area contributed by atoms with Crippen molar-refractivity contribution in [3.05, 3.63) is 48.0 Å². The maximum Gasteiger partial charge on any atom is -0.00934 e. The Morgan fingerprint density at radius 3 is 2.62 bits per heavy atom. The molecule has 3 rings (SSSR count). The van der Waals surface area contributed by atoms with E-state index in [2.05, 4.69) is 42.5 Å². The van der Waals surface area contributed by atoms with E-state index in [1.54, 1.807) is 5.56 Å². The average Bonchev–Trinajstić information content (AvgIpc) is 2.39. The van der Waals surface area contributed by atoms with Crippen molar-refractivity contribution in [2.24, 2.45) is 11.8 Å². The van der Waals surface area contributed by atoms with Gasteiger partial charge < -0.3 is 0 Å². The maximum atomic E-state index is 2.49. The molecule has 0 heterocycles. The Hall–Kier alpha value is -1.04. The average molecular weight is 212 g/mol. The van der Waals surface area contributed by atoms with Crippen LogP contribution in [0.1, 0.15) is 43.6 Å². The van der Waals surface area contributed by atoms with Crippen LogP contribution in [0.5, 0.6) is 0 Å². The molecule has 0 spiro atoms. The molecule has 1 fully saturated rings. The molecule has 0 saturated heterocycles. The number of fused-ring (bicyclic) bond motifs is 1. The summed E-state index contributed by atoms with van der Waals surface area (Å²) in [6.07, 6.45) is 11.9. The molecular weight excluding hydrogens is 192 g/mol. The molecule has 0 N–H and O–H groups in total. The van der Waals surface area contributed by atoms with E-state index in [1.165, 1.54) is 32.1 Å². The lowest BCUT2D eigenvalue weighted by atomic mass is 9.66. The summed E-state index contributed by atoms with van der Waals surface area (Å²) in [4.78, 5) is 0. The van der Waals surface area contributed by atoms with Crippen molar-refractivity contribution in [1.82, 2.24) is 0 Å². The predicted octanol–water partition coefficient (Wildman–Crippen LogP) is 4.54. The van der Waals surface area contributed by atoms with Crippen molar-refractivity contribution < 1.29 is 0 Å². The van der Waals surface area contributed by atoms with Gasteiger partial charge in [0.25, 0.3) is 0 Å². The molecule has 3 unspecified atom stereocenters. The van der Waals surface area contributed by atoms with Gasteiger partial charge in [0, 0.05) is 0 Å². The summed E-state index contributed by atoms with van der Waals surface area (Å²) in [5.41, 5.74) is 1.56. The Morgan fingerprint density at radius 2 is 1.75 bits per heavy atom. The van der Waals surface area contributed by atoms with E-state index < -0.39 is 0 Å². The predicted molar refractivity (Wildman–Crippen MR) is 68.4 cm³/mol. The van der Waals surface area contributed by atoms with Crippen LogP contribution in [0.15, 0.2) is 42.5 Å². The molecule has 16 heavy (non-hydrogen) atoms. The molecule has 1 aromatic carbocycles. The van der Waals surface area contributed by atoms with E-state index in [1.807, 2.05) is 0 Å². The molecule has 0 amide bonds. The normalized spacial score (nSPS) is 33.4. The van der Waals surface area contributed by atoms with Gasteiger partial charge in [-0.05, 0) is 42.6 Å². The first kappa shape index (κ1) is 10.1. The van der Waals surface area contributed by atoms with Crippen LogP contribution in [0.2, 0.25) is 0 Å². The number of allylic oxidation sites excluding steroid dienone is 2. The summed E-state index contributed by atoms with van der Waals surface area (Å²) >= 11 is 0. The second kappa shape index (κ2) is 4.45. The highest BCUT2D eigenvalue weighted by molar-refractivity contribution is 5.24. The highest BCUT2D eigenvalue weighted by atomic mass is 14.4. The Kier molecular flexibility index (Phi) is 2.82. The van der Waals surface area contributed by atoms with Gasteiger partial charge >= 0.3 is 0 Å². The van der Waals surface area contributed by atoms with E-state index in [-0.39, 0.29) is 0 Å². The molecule has 0 bridgehead atoms. The van der Waals surface area contributed by atoms with Gasteiger partial charge in [-0.1, -0.05) is 55.3 Å². The number of benzene rings is 1. The Balaban J connectivity index is 1.87. The van der Waals surface area contributed by atoms with Crippen LogP contribution in [-0.2, 0) is 0 Å². The molecule has 2 aliphatic carbocycles. The summed E-state index contributed by atoms with van der Waals surface area (Å²) in [5.74, 6) is 2.57. The second-order valence-electron chi connectivity index (χ2n) is 5.29. The first-order valence-electron chi connectivity index (χ1n) is 6.67. The molecule has 0 nitrogen and oxygen atoms in total. The molecule has 0 aromatic heterocycles. The monoisotopic (exact) mass is 212 g/mol. The van der Waals surface area contributed by atoms with Gasteiger partial charge in [0.1, 0.15) is 0 Å². The minimum absolute atomic E-state index is 0.788. The molecule has 0 aliphatic heterocycles. The molecule has 3 atom stereocenters. The maximum absolute atomic E-state index is 2.49. The van der Waals surface area contributed by atoms with Crippen LogP contribution >= 0.6 is 0 Å². The lowest BCUT2D eigenvalue weighted by Gasteiger charge is -2.38. The van der Waals surface area contributed by atoms with Gasteiger partial charge in [-0.25, -0.2) is 0 Å². The zero-order chi connectivity index (χ0) is 10.8. The Labute approximate surface area is 98.4 Å². The van der Waals surface area contributed by atoms with Gasteiger partial charge in [-0.15, -0.1) is 0 Å². The summed E-state index contributed by atoms with van der Waals surface area (Å²) in [6.45, 7) is 0. The standard InChI is InChI=1S/C16H20/c1-2-7-13(8-3-1)16-12-6-10-14-9-4-5-11-15(14)16/h1-3,6-8,10,14-16H,4-5,9,11-12H2. The third-order valence-electron chi connectivity index (χ3n) is 4.39. The van der Waals surface area contributed by atoms with Crippen LogP contribution in [0.4, 0.5) is 0 Å². The Morgan fingerprint density at radius 1 is 0.938 bits per heavy atom. The van der Waals surface area contributed by atoms with Crippen molar-refractivity contribution in [2.45, 2.75) is 38.0 Å². The fourth-order valence-corrected chi connectivity index (χ4v) is 3.59. The lowest BCUT2D eigenvalue weighted by molar-refractivity contribution is 0.229. The van der Waals surface area contributed by atoms with E-state index >= 15 is 0 Å². The van der Waals surface area contributed by atoms with Gasteiger partial charge in [-0.2, -0.15) is 0 Å². The Bertz CT molecular complexity index is 363. The lowest BCUT2D eigenvalue weighted by Crippen LogP contribution is -2.26. The molecule has 0 heteroatoms. The number of hydrogen-bond acceptors (Lipinski definition) is 0.